The summed E-state index contributed by atoms with van der Waals surface area (Å²) in [6.07, 6.45) is 0. The molecule has 2 aromatic carbocycles. The summed E-state index contributed by atoms with van der Waals surface area (Å²) in [6.45, 7) is -0.387. The topological polar surface area (TPSA) is 129 Å². The number of amides is 2. The van der Waals surface area contributed by atoms with E-state index in [1.165, 1.54) is 44.8 Å². The van der Waals surface area contributed by atoms with Crippen molar-refractivity contribution in [3.05, 3.63) is 75.5 Å². The summed E-state index contributed by atoms with van der Waals surface area (Å²) in [5.41, 5.74) is 1.25. The lowest BCUT2D eigenvalue weighted by Gasteiger charge is -2.15. The Labute approximate surface area is 211 Å². The molecule has 3 aromatic rings. The first-order chi connectivity index (χ1) is 17.4. The van der Waals surface area contributed by atoms with Crippen LogP contribution in [-0.2, 0) is 20.8 Å². The molecule has 0 atom stereocenters. The number of ether oxygens (including phenoxy) is 4. The zero-order valence-corrected chi connectivity index (χ0v) is 20.6. The Morgan fingerprint density at radius 2 is 1.58 bits per heavy atom. The number of carbonyl (C=O) groups is 4. The fourth-order valence-corrected chi connectivity index (χ4v) is 3.70. The summed E-state index contributed by atoms with van der Waals surface area (Å²) in [6, 6.07) is 12.7. The van der Waals surface area contributed by atoms with E-state index in [0.717, 1.165) is 5.56 Å². The van der Waals surface area contributed by atoms with Crippen LogP contribution in [0.25, 0.3) is 0 Å². The summed E-state index contributed by atoms with van der Waals surface area (Å²) in [5, 5.41) is 7.06. The van der Waals surface area contributed by atoms with Gasteiger partial charge in [-0.15, -0.1) is 11.3 Å². The second-order valence-electron chi connectivity index (χ2n) is 7.23. The number of anilines is 1. The van der Waals surface area contributed by atoms with Gasteiger partial charge in [0.2, 0.25) is 0 Å². The SMILES string of the molecule is COC(=O)c1ccc(CNC(=O)COC(=O)c2cc(OC)c(OC)cc2NC(=O)c2cccs2)cc1. The highest BCUT2D eigenvalue weighted by molar-refractivity contribution is 7.12. The largest absolute Gasteiger partial charge is 0.493 e. The van der Waals surface area contributed by atoms with Crippen LogP contribution >= 0.6 is 11.3 Å². The fraction of sp³-hybridized carbons (Fsp3) is 0.200. The number of methoxy groups -OCH3 is 3. The van der Waals surface area contributed by atoms with Crippen molar-refractivity contribution < 1.29 is 38.1 Å². The van der Waals surface area contributed by atoms with Gasteiger partial charge < -0.3 is 29.6 Å². The van der Waals surface area contributed by atoms with Gasteiger partial charge in [0.25, 0.3) is 11.8 Å². The lowest BCUT2D eigenvalue weighted by atomic mass is 10.1. The van der Waals surface area contributed by atoms with Crippen LogP contribution < -0.4 is 20.1 Å². The van der Waals surface area contributed by atoms with Crippen LogP contribution in [0.15, 0.2) is 53.9 Å². The molecule has 3 rings (SSSR count). The molecule has 11 heteroatoms. The van der Waals surface area contributed by atoms with Gasteiger partial charge in [0.1, 0.15) is 0 Å². The van der Waals surface area contributed by atoms with Crippen molar-refractivity contribution in [2.75, 3.05) is 33.3 Å². The predicted molar refractivity (Wildman–Crippen MR) is 132 cm³/mol. The van der Waals surface area contributed by atoms with Gasteiger partial charge in [-0.25, -0.2) is 9.59 Å². The minimum absolute atomic E-state index is 0.0104. The molecule has 2 N–H and O–H groups in total. The molecule has 0 fully saturated rings. The van der Waals surface area contributed by atoms with Gasteiger partial charge in [-0.3, -0.25) is 9.59 Å². The van der Waals surface area contributed by atoms with Gasteiger partial charge in [0, 0.05) is 18.7 Å². The highest BCUT2D eigenvalue weighted by Gasteiger charge is 2.21. The number of benzene rings is 2. The molecule has 0 bridgehead atoms. The zero-order chi connectivity index (χ0) is 26.1. The molecule has 10 nitrogen and oxygen atoms in total. The smallest absolute Gasteiger partial charge is 0.340 e. The van der Waals surface area contributed by atoms with E-state index in [2.05, 4.69) is 15.4 Å². The van der Waals surface area contributed by atoms with Crippen LogP contribution in [0, 0.1) is 0 Å². The van der Waals surface area contributed by atoms with Crippen molar-refractivity contribution >= 4 is 40.8 Å². The summed E-state index contributed by atoms with van der Waals surface area (Å²) in [5.74, 6) is -1.70. The Morgan fingerprint density at radius 3 is 2.19 bits per heavy atom. The van der Waals surface area contributed by atoms with E-state index in [1.54, 1.807) is 41.8 Å². The normalized spacial score (nSPS) is 10.2. The van der Waals surface area contributed by atoms with Crippen molar-refractivity contribution in [2.45, 2.75) is 6.54 Å². The van der Waals surface area contributed by atoms with E-state index in [4.69, 9.17) is 14.2 Å². The lowest BCUT2D eigenvalue weighted by Crippen LogP contribution is -2.28. The standard InChI is InChI=1S/C25H24N2O8S/c1-32-19-11-17(18(12-20(19)33-2)27-23(29)21-5-4-10-36-21)25(31)35-14-22(28)26-13-15-6-8-16(9-7-15)24(30)34-3/h4-12H,13-14H2,1-3H3,(H,26,28)(H,27,29). The molecule has 188 valence electrons. The van der Waals surface area contributed by atoms with Gasteiger partial charge in [-0.2, -0.15) is 0 Å². The molecular weight excluding hydrogens is 488 g/mol. The van der Waals surface area contributed by atoms with E-state index in [0.29, 0.717) is 16.2 Å². The predicted octanol–water partition coefficient (Wildman–Crippen LogP) is 3.28. The van der Waals surface area contributed by atoms with Crippen molar-refractivity contribution in [2.24, 2.45) is 0 Å². The molecule has 0 saturated heterocycles. The Hall–Kier alpha value is -4.38. The molecule has 2 amide bonds. The molecule has 36 heavy (non-hydrogen) atoms. The summed E-state index contributed by atoms with van der Waals surface area (Å²) in [7, 11) is 4.12. The highest BCUT2D eigenvalue weighted by Crippen LogP contribution is 2.34. The van der Waals surface area contributed by atoms with Crippen molar-refractivity contribution in [3.8, 4) is 11.5 Å². The number of nitrogens with one attached hydrogen (secondary N) is 2. The monoisotopic (exact) mass is 512 g/mol. The maximum Gasteiger partial charge on any atom is 0.340 e. The molecular formula is C25H24N2O8S. The average Bonchev–Trinajstić information content (AvgIpc) is 3.45. The van der Waals surface area contributed by atoms with E-state index in [1.807, 2.05) is 0 Å². The number of esters is 2. The van der Waals surface area contributed by atoms with Crippen molar-refractivity contribution in [1.29, 1.82) is 0 Å². The van der Waals surface area contributed by atoms with Crippen molar-refractivity contribution in [3.63, 3.8) is 0 Å². The quantitative estimate of drug-likeness (QED) is 0.396. The van der Waals surface area contributed by atoms with Gasteiger partial charge in [-0.05, 0) is 29.1 Å². The van der Waals surface area contributed by atoms with Gasteiger partial charge in [0.05, 0.1) is 43.0 Å². The molecule has 0 spiro atoms. The number of carbonyl (C=O) groups excluding carboxylic acids is 4. The Bertz CT molecular complexity index is 1240. The first-order valence-corrected chi connectivity index (χ1v) is 11.5. The van der Waals surface area contributed by atoms with Crippen molar-refractivity contribution in [1.82, 2.24) is 5.32 Å². The third-order valence-electron chi connectivity index (χ3n) is 4.94. The van der Waals surface area contributed by atoms with Crippen LogP contribution in [0.3, 0.4) is 0 Å². The molecule has 0 aliphatic rings. The fourth-order valence-electron chi connectivity index (χ4n) is 3.08. The first-order valence-electron chi connectivity index (χ1n) is 10.6. The van der Waals surface area contributed by atoms with Crippen LogP contribution in [0.2, 0.25) is 0 Å². The minimum Gasteiger partial charge on any atom is -0.493 e. The first kappa shape index (κ1) is 26.2. The van der Waals surface area contributed by atoms with E-state index in [9.17, 15) is 19.2 Å². The van der Waals surface area contributed by atoms with E-state index >= 15 is 0 Å². The van der Waals surface area contributed by atoms with E-state index in [-0.39, 0.29) is 23.5 Å². The van der Waals surface area contributed by atoms with E-state index < -0.39 is 30.4 Å². The molecule has 1 heterocycles. The maximum atomic E-state index is 12.8. The average molecular weight is 513 g/mol. The van der Waals surface area contributed by atoms with Crippen LogP contribution in [0.5, 0.6) is 11.5 Å². The Kier molecular flexibility index (Phi) is 9.01. The summed E-state index contributed by atoms with van der Waals surface area (Å²) in [4.78, 5) is 49.6. The molecule has 0 aliphatic heterocycles. The molecule has 1 aromatic heterocycles. The third kappa shape index (κ3) is 6.60. The highest BCUT2D eigenvalue weighted by atomic mass is 32.1. The number of rotatable bonds is 10. The van der Waals surface area contributed by atoms with Gasteiger partial charge in [-0.1, -0.05) is 18.2 Å². The molecule has 0 saturated carbocycles. The third-order valence-corrected chi connectivity index (χ3v) is 5.80. The molecule has 0 unspecified atom stereocenters. The second kappa shape index (κ2) is 12.4. The number of thiophene rings is 1. The second-order valence-corrected chi connectivity index (χ2v) is 8.17. The maximum absolute atomic E-state index is 12.8. The minimum atomic E-state index is -0.838. The Balaban J connectivity index is 1.65. The lowest BCUT2D eigenvalue weighted by molar-refractivity contribution is -0.124. The van der Waals surface area contributed by atoms with Crippen LogP contribution in [0.1, 0.15) is 36.0 Å². The summed E-state index contributed by atoms with van der Waals surface area (Å²) >= 11 is 1.24. The van der Waals surface area contributed by atoms with Gasteiger partial charge >= 0.3 is 11.9 Å². The zero-order valence-electron chi connectivity index (χ0n) is 19.8. The summed E-state index contributed by atoms with van der Waals surface area (Å²) < 4.78 is 20.3. The van der Waals surface area contributed by atoms with Crippen LogP contribution in [-0.4, -0.2) is 51.7 Å². The number of hydrogen-bond acceptors (Lipinski definition) is 9. The number of hydrogen-bond donors (Lipinski definition) is 2. The Morgan fingerprint density at radius 1 is 0.889 bits per heavy atom. The van der Waals surface area contributed by atoms with Gasteiger partial charge in [0.15, 0.2) is 18.1 Å². The molecule has 0 aliphatic carbocycles. The molecule has 0 radical (unpaired) electrons. The van der Waals surface area contributed by atoms with Crippen LogP contribution in [0.4, 0.5) is 5.69 Å².